The van der Waals surface area contributed by atoms with Gasteiger partial charge < -0.3 is 10.2 Å². The van der Waals surface area contributed by atoms with Gasteiger partial charge in [0.15, 0.2) is 5.82 Å². The number of carboxylic acid groups (broad SMARTS) is 2. The predicted molar refractivity (Wildman–Crippen MR) is 62.8 cm³/mol. The molecule has 0 fully saturated rings. The maximum absolute atomic E-state index is 11.0. The van der Waals surface area contributed by atoms with Gasteiger partial charge in [0.2, 0.25) is 0 Å². The summed E-state index contributed by atoms with van der Waals surface area (Å²) in [5.74, 6) is -2.86. The third-order valence-electron chi connectivity index (χ3n) is 2.23. The van der Waals surface area contributed by atoms with E-state index in [4.69, 9.17) is 10.2 Å². The van der Waals surface area contributed by atoms with Crippen molar-refractivity contribution in [1.29, 1.82) is 0 Å². The van der Waals surface area contributed by atoms with E-state index in [1.165, 1.54) is 6.20 Å². The summed E-state index contributed by atoms with van der Waals surface area (Å²) in [6.07, 6.45) is 2.03. The van der Waals surface area contributed by atoms with Crippen LogP contribution in [0.15, 0.2) is 36.5 Å². The summed E-state index contributed by atoms with van der Waals surface area (Å²) in [4.78, 5) is 29.4. The zero-order chi connectivity index (χ0) is 13.1. The molecule has 0 saturated carbocycles. The van der Waals surface area contributed by atoms with Gasteiger partial charge in [-0.1, -0.05) is 18.2 Å². The van der Waals surface area contributed by atoms with Gasteiger partial charge in [-0.3, -0.25) is 0 Å². The minimum absolute atomic E-state index is 0.122. The van der Waals surface area contributed by atoms with Crippen LogP contribution in [0, 0.1) is 0 Å². The van der Waals surface area contributed by atoms with Crippen molar-refractivity contribution < 1.29 is 19.8 Å². The molecule has 0 aliphatic heterocycles. The fourth-order valence-corrected chi connectivity index (χ4v) is 1.45. The van der Waals surface area contributed by atoms with E-state index < -0.39 is 17.5 Å². The number of aliphatic carboxylic acids is 2. The van der Waals surface area contributed by atoms with E-state index in [0.29, 0.717) is 11.6 Å². The molecule has 6 nitrogen and oxygen atoms in total. The summed E-state index contributed by atoms with van der Waals surface area (Å²) in [6, 6.07) is 7.03. The van der Waals surface area contributed by atoms with Crippen molar-refractivity contribution in [2.24, 2.45) is 0 Å². The summed E-state index contributed by atoms with van der Waals surface area (Å²) in [5.41, 5.74) is 0.105. The molecular formula is C12H8N2O4. The van der Waals surface area contributed by atoms with Crippen molar-refractivity contribution in [1.82, 2.24) is 9.97 Å². The first kappa shape index (κ1) is 11.7. The average Bonchev–Trinajstić information content (AvgIpc) is 2.35. The van der Waals surface area contributed by atoms with Gasteiger partial charge in [0.25, 0.3) is 0 Å². The number of benzene rings is 1. The van der Waals surface area contributed by atoms with E-state index in [0.717, 1.165) is 5.39 Å². The molecule has 90 valence electrons. The molecule has 0 aliphatic carbocycles. The van der Waals surface area contributed by atoms with Gasteiger partial charge in [0.05, 0.1) is 5.52 Å². The molecule has 0 unspecified atom stereocenters. The standard InChI is InChI=1S/C12H8N2O4/c15-10(16)5-8(12(17)18)11-13-6-7-3-1-2-4-9(7)14-11/h1-6H,(H,15,16)(H,17,18)/b8-5-. The summed E-state index contributed by atoms with van der Waals surface area (Å²) in [7, 11) is 0. The number of hydrogen-bond donors (Lipinski definition) is 2. The lowest BCUT2D eigenvalue weighted by Gasteiger charge is -2.02. The van der Waals surface area contributed by atoms with Crippen molar-refractivity contribution >= 4 is 28.4 Å². The van der Waals surface area contributed by atoms with E-state index in [1.807, 2.05) is 0 Å². The molecule has 2 aromatic rings. The monoisotopic (exact) mass is 244 g/mol. The molecule has 1 aromatic heterocycles. The molecule has 1 heterocycles. The Morgan fingerprint density at radius 1 is 1.17 bits per heavy atom. The molecule has 0 bridgehead atoms. The Balaban J connectivity index is 2.58. The zero-order valence-corrected chi connectivity index (χ0v) is 9.07. The van der Waals surface area contributed by atoms with Gasteiger partial charge in [0.1, 0.15) is 5.57 Å². The Morgan fingerprint density at radius 3 is 2.56 bits per heavy atom. The van der Waals surface area contributed by atoms with Gasteiger partial charge in [-0.2, -0.15) is 0 Å². The first-order valence-corrected chi connectivity index (χ1v) is 4.98. The molecule has 1 aromatic carbocycles. The molecule has 0 saturated heterocycles. The lowest BCUT2D eigenvalue weighted by Crippen LogP contribution is -2.06. The lowest BCUT2D eigenvalue weighted by atomic mass is 10.2. The molecule has 0 spiro atoms. The summed E-state index contributed by atoms with van der Waals surface area (Å²) in [5, 5.41) is 18.3. The Morgan fingerprint density at radius 2 is 1.89 bits per heavy atom. The number of carbonyl (C=O) groups is 2. The molecular weight excluding hydrogens is 236 g/mol. The Hall–Kier alpha value is -2.76. The minimum atomic E-state index is -1.38. The van der Waals surface area contributed by atoms with Crippen molar-refractivity contribution in [3.05, 3.63) is 42.4 Å². The summed E-state index contributed by atoms with van der Waals surface area (Å²) < 4.78 is 0. The number of aromatic nitrogens is 2. The number of carboxylic acids is 2. The summed E-state index contributed by atoms with van der Waals surface area (Å²) in [6.45, 7) is 0. The molecule has 0 aliphatic rings. The third-order valence-corrected chi connectivity index (χ3v) is 2.23. The maximum Gasteiger partial charge on any atom is 0.339 e. The van der Waals surface area contributed by atoms with Crippen molar-refractivity contribution in [2.45, 2.75) is 0 Å². The first-order chi connectivity index (χ1) is 8.58. The van der Waals surface area contributed by atoms with Gasteiger partial charge in [-0.25, -0.2) is 19.6 Å². The molecule has 0 radical (unpaired) electrons. The van der Waals surface area contributed by atoms with Gasteiger partial charge in [-0.15, -0.1) is 0 Å². The highest BCUT2D eigenvalue weighted by Crippen LogP contribution is 2.15. The highest BCUT2D eigenvalue weighted by molar-refractivity contribution is 6.18. The van der Waals surface area contributed by atoms with Crippen LogP contribution in [0.4, 0.5) is 0 Å². The molecule has 2 rings (SSSR count). The van der Waals surface area contributed by atoms with Crippen LogP contribution in [0.3, 0.4) is 0 Å². The predicted octanol–water partition coefficient (Wildman–Crippen LogP) is 1.18. The molecule has 2 N–H and O–H groups in total. The highest BCUT2D eigenvalue weighted by Gasteiger charge is 2.15. The minimum Gasteiger partial charge on any atom is -0.478 e. The van der Waals surface area contributed by atoms with Crippen LogP contribution in [-0.4, -0.2) is 32.1 Å². The number of fused-ring (bicyclic) bond motifs is 1. The van der Waals surface area contributed by atoms with Gasteiger partial charge >= 0.3 is 11.9 Å². The van der Waals surface area contributed by atoms with Gasteiger partial charge in [-0.05, 0) is 6.07 Å². The van der Waals surface area contributed by atoms with Crippen LogP contribution in [0.2, 0.25) is 0 Å². The average molecular weight is 244 g/mol. The van der Waals surface area contributed by atoms with Crippen molar-refractivity contribution in [3.8, 4) is 0 Å². The van der Waals surface area contributed by atoms with Crippen LogP contribution in [0.5, 0.6) is 0 Å². The van der Waals surface area contributed by atoms with Crippen LogP contribution in [0.25, 0.3) is 16.5 Å². The molecule has 0 atom stereocenters. The van der Waals surface area contributed by atoms with E-state index in [2.05, 4.69) is 9.97 Å². The second-order valence-electron chi connectivity index (χ2n) is 3.45. The smallest absolute Gasteiger partial charge is 0.339 e. The van der Waals surface area contributed by atoms with Gasteiger partial charge in [0, 0.05) is 17.7 Å². The largest absolute Gasteiger partial charge is 0.478 e. The third kappa shape index (κ3) is 2.32. The number of hydrogen-bond acceptors (Lipinski definition) is 4. The quantitative estimate of drug-likeness (QED) is 0.786. The Kier molecular flexibility index (Phi) is 3.01. The SMILES string of the molecule is O=C(O)/C=C(\C(=O)O)c1ncc2ccccc2n1. The van der Waals surface area contributed by atoms with E-state index in [-0.39, 0.29) is 5.82 Å². The van der Waals surface area contributed by atoms with Crippen molar-refractivity contribution in [2.75, 3.05) is 0 Å². The van der Waals surface area contributed by atoms with E-state index >= 15 is 0 Å². The lowest BCUT2D eigenvalue weighted by molar-refractivity contribution is -0.133. The number of para-hydroxylation sites is 1. The fraction of sp³-hybridized carbons (Fsp3) is 0. The van der Waals surface area contributed by atoms with E-state index in [9.17, 15) is 9.59 Å². The second kappa shape index (κ2) is 4.62. The zero-order valence-electron chi connectivity index (χ0n) is 9.07. The van der Waals surface area contributed by atoms with Crippen LogP contribution in [0.1, 0.15) is 5.82 Å². The fourth-order valence-electron chi connectivity index (χ4n) is 1.45. The van der Waals surface area contributed by atoms with Crippen LogP contribution < -0.4 is 0 Å². The molecule has 0 amide bonds. The maximum atomic E-state index is 11.0. The topological polar surface area (TPSA) is 100 Å². The molecule has 6 heteroatoms. The Bertz CT molecular complexity index is 664. The Labute approximate surface area is 101 Å². The summed E-state index contributed by atoms with van der Waals surface area (Å²) >= 11 is 0. The van der Waals surface area contributed by atoms with Crippen LogP contribution in [-0.2, 0) is 9.59 Å². The normalized spacial score (nSPS) is 11.4. The van der Waals surface area contributed by atoms with Crippen LogP contribution >= 0.6 is 0 Å². The number of rotatable bonds is 3. The van der Waals surface area contributed by atoms with Crippen molar-refractivity contribution in [3.63, 3.8) is 0 Å². The molecule has 18 heavy (non-hydrogen) atoms. The highest BCUT2D eigenvalue weighted by atomic mass is 16.4. The second-order valence-corrected chi connectivity index (χ2v) is 3.45. The first-order valence-electron chi connectivity index (χ1n) is 4.98. The number of nitrogens with zero attached hydrogens (tertiary/aromatic N) is 2. The van der Waals surface area contributed by atoms with E-state index in [1.54, 1.807) is 24.3 Å².